The Kier molecular flexibility index (Phi) is 4.15. The van der Waals surface area contributed by atoms with Crippen LogP contribution in [-0.2, 0) is 13.0 Å². The van der Waals surface area contributed by atoms with Gasteiger partial charge < -0.3 is 10.3 Å². The zero-order chi connectivity index (χ0) is 13.0. The number of aromatic nitrogens is 2. The molecule has 0 aliphatic heterocycles. The molecule has 1 aromatic carbocycles. The van der Waals surface area contributed by atoms with Crippen LogP contribution in [0.4, 0.5) is 0 Å². The van der Waals surface area contributed by atoms with Crippen LogP contribution in [0.5, 0.6) is 0 Å². The molecule has 3 heteroatoms. The summed E-state index contributed by atoms with van der Waals surface area (Å²) in [6.07, 6.45) is 4.86. The first-order valence-corrected chi connectivity index (χ1v) is 6.46. The van der Waals surface area contributed by atoms with E-state index in [0.717, 1.165) is 13.0 Å². The molecule has 0 aliphatic rings. The van der Waals surface area contributed by atoms with Crippen LogP contribution < -0.4 is 5.73 Å². The Balaban J connectivity index is 2.08. The second-order valence-electron chi connectivity index (χ2n) is 5.15. The fourth-order valence-corrected chi connectivity index (χ4v) is 2.12. The summed E-state index contributed by atoms with van der Waals surface area (Å²) in [5, 5.41) is 0. The quantitative estimate of drug-likeness (QED) is 0.877. The second-order valence-corrected chi connectivity index (χ2v) is 5.15. The summed E-state index contributed by atoms with van der Waals surface area (Å²) >= 11 is 0. The fraction of sp³-hybridized carbons (Fsp3) is 0.400. The maximum atomic E-state index is 6.24. The molecule has 1 heterocycles. The summed E-state index contributed by atoms with van der Waals surface area (Å²) in [6, 6.07) is 10.2. The summed E-state index contributed by atoms with van der Waals surface area (Å²) < 4.78 is 2.16. The number of benzene rings is 1. The van der Waals surface area contributed by atoms with Gasteiger partial charge in [-0.15, -0.1) is 0 Å². The molecule has 96 valence electrons. The lowest BCUT2D eigenvalue weighted by atomic mass is 10.1. The molecule has 0 fully saturated rings. The SMILES string of the molecule is CC(C)Cc1cncn1CC(N)c1ccccc1. The molecule has 2 rings (SSSR count). The van der Waals surface area contributed by atoms with Crippen molar-refractivity contribution in [3.8, 4) is 0 Å². The predicted molar refractivity (Wildman–Crippen MR) is 74.1 cm³/mol. The van der Waals surface area contributed by atoms with E-state index in [1.54, 1.807) is 0 Å². The Hall–Kier alpha value is -1.61. The van der Waals surface area contributed by atoms with Crippen molar-refractivity contribution in [1.82, 2.24) is 9.55 Å². The number of hydrogen-bond acceptors (Lipinski definition) is 2. The summed E-state index contributed by atoms with van der Waals surface area (Å²) in [5.41, 5.74) is 8.67. The van der Waals surface area contributed by atoms with E-state index in [0.29, 0.717) is 5.92 Å². The summed E-state index contributed by atoms with van der Waals surface area (Å²) in [7, 11) is 0. The molecule has 1 unspecified atom stereocenters. The van der Waals surface area contributed by atoms with Gasteiger partial charge in [0.1, 0.15) is 0 Å². The van der Waals surface area contributed by atoms with Gasteiger partial charge in [0.05, 0.1) is 6.33 Å². The highest BCUT2D eigenvalue weighted by Gasteiger charge is 2.10. The van der Waals surface area contributed by atoms with Gasteiger partial charge in [-0.2, -0.15) is 0 Å². The number of nitrogens with zero attached hydrogens (tertiary/aromatic N) is 2. The largest absolute Gasteiger partial charge is 0.333 e. The lowest BCUT2D eigenvalue weighted by Gasteiger charge is -2.15. The normalized spacial score (nSPS) is 12.9. The van der Waals surface area contributed by atoms with Gasteiger partial charge in [-0.05, 0) is 17.9 Å². The van der Waals surface area contributed by atoms with Crippen molar-refractivity contribution in [3.05, 3.63) is 54.1 Å². The minimum atomic E-state index is 0.0197. The van der Waals surface area contributed by atoms with Crippen molar-refractivity contribution < 1.29 is 0 Å². The second kappa shape index (κ2) is 5.83. The fourth-order valence-electron chi connectivity index (χ4n) is 2.12. The van der Waals surface area contributed by atoms with Crippen LogP contribution in [0.3, 0.4) is 0 Å². The molecule has 0 bridgehead atoms. The number of rotatable bonds is 5. The Morgan fingerprint density at radius 3 is 2.61 bits per heavy atom. The first-order valence-electron chi connectivity index (χ1n) is 6.46. The van der Waals surface area contributed by atoms with Crippen molar-refractivity contribution in [1.29, 1.82) is 0 Å². The molecule has 3 nitrogen and oxygen atoms in total. The highest BCUT2D eigenvalue weighted by molar-refractivity contribution is 5.18. The minimum Gasteiger partial charge on any atom is -0.333 e. The molecule has 18 heavy (non-hydrogen) atoms. The average Bonchev–Trinajstić information content (AvgIpc) is 2.77. The van der Waals surface area contributed by atoms with Gasteiger partial charge >= 0.3 is 0 Å². The van der Waals surface area contributed by atoms with E-state index in [9.17, 15) is 0 Å². The van der Waals surface area contributed by atoms with E-state index in [1.807, 2.05) is 30.7 Å². The molecular formula is C15H21N3. The highest BCUT2D eigenvalue weighted by atomic mass is 15.1. The zero-order valence-electron chi connectivity index (χ0n) is 11.1. The molecule has 2 N–H and O–H groups in total. The molecule has 0 spiro atoms. The standard InChI is InChI=1S/C15H21N3/c1-12(2)8-14-9-17-11-18(14)10-15(16)13-6-4-3-5-7-13/h3-7,9,11-12,15H,8,10,16H2,1-2H3. The topological polar surface area (TPSA) is 43.8 Å². The van der Waals surface area contributed by atoms with Gasteiger partial charge in [0.25, 0.3) is 0 Å². The van der Waals surface area contributed by atoms with Gasteiger partial charge in [0.2, 0.25) is 0 Å². The molecule has 0 saturated heterocycles. The molecule has 1 atom stereocenters. The van der Waals surface area contributed by atoms with Crippen LogP contribution in [0.15, 0.2) is 42.9 Å². The Morgan fingerprint density at radius 2 is 1.94 bits per heavy atom. The molecule has 0 aliphatic carbocycles. The van der Waals surface area contributed by atoms with Crippen molar-refractivity contribution in [2.24, 2.45) is 11.7 Å². The maximum absolute atomic E-state index is 6.24. The first-order chi connectivity index (χ1) is 8.66. The Morgan fingerprint density at radius 1 is 1.22 bits per heavy atom. The van der Waals surface area contributed by atoms with Crippen molar-refractivity contribution >= 4 is 0 Å². The van der Waals surface area contributed by atoms with Crippen LogP contribution in [0.1, 0.15) is 31.1 Å². The van der Waals surface area contributed by atoms with Gasteiger partial charge in [-0.3, -0.25) is 0 Å². The van der Waals surface area contributed by atoms with Gasteiger partial charge in [0.15, 0.2) is 0 Å². The van der Waals surface area contributed by atoms with E-state index < -0.39 is 0 Å². The third kappa shape index (κ3) is 3.20. The minimum absolute atomic E-state index is 0.0197. The van der Waals surface area contributed by atoms with Crippen LogP contribution in [0.25, 0.3) is 0 Å². The Bertz CT molecular complexity index is 473. The van der Waals surface area contributed by atoms with E-state index in [4.69, 9.17) is 5.73 Å². The van der Waals surface area contributed by atoms with Crippen molar-refractivity contribution in [2.75, 3.05) is 0 Å². The molecule has 1 aromatic heterocycles. The van der Waals surface area contributed by atoms with E-state index in [2.05, 4.69) is 35.5 Å². The van der Waals surface area contributed by atoms with E-state index in [-0.39, 0.29) is 6.04 Å². The number of hydrogen-bond donors (Lipinski definition) is 1. The smallest absolute Gasteiger partial charge is 0.0948 e. The van der Waals surface area contributed by atoms with Crippen molar-refractivity contribution in [3.63, 3.8) is 0 Å². The zero-order valence-corrected chi connectivity index (χ0v) is 11.1. The molecule has 0 amide bonds. The maximum Gasteiger partial charge on any atom is 0.0948 e. The van der Waals surface area contributed by atoms with Gasteiger partial charge in [0, 0.05) is 24.5 Å². The van der Waals surface area contributed by atoms with E-state index >= 15 is 0 Å². The average molecular weight is 243 g/mol. The number of imidazole rings is 1. The summed E-state index contributed by atoms with van der Waals surface area (Å²) in [5.74, 6) is 0.633. The predicted octanol–water partition coefficient (Wildman–Crippen LogP) is 2.78. The van der Waals surface area contributed by atoms with Crippen molar-refractivity contribution in [2.45, 2.75) is 32.9 Å². The molecular weight excluding hydrogens is 222 g/mol. The van der Waals surface area contributed by atoms with E-state index in [1.165, 1.54) is 11.3 Å². The van der Waals surface area contributed by atoms with Crippen LogP contribution in [-0.4, -0.2) is 9.55 Å². The van der Waals surface area contributed by atoms with Crippen LogP contribution >= 0.6 is 0 Å². The van der Waals surface area contributed by atoms with Gasteiger partial charge in [-0.1, -0.05) is 44.2 Å². The molecule has 0 saturated carbocycles. The number of nitrogens with two attached hydrogens (primary N) is 1. The third-order valence-electron chi connectivity index (χ3n) is 3.04. The lowest BCUT2D eigenvalue weighted by Crippen LogP contribution is -2.18. The van der Waals surface area contributed by atoms with Crippen LogP contribution in [0, 0.1) is 5.92 Å². The third-order valence-corrected chi connectivity index (χ3v) is 3.04. The van der Waals surface area contributed by atoms with Crippen LogP contribution in [0.2, 0.25) is 0 Å². The molecule has 0 radical (unpaired) electrons. The first kappa shape index (κ1) is 12.8. The lowest BCUT2D eigenvalue weighted by molar-refractivity contribution is 0.534. The Labute approximate surface area is 109 Å². The van der Waals surface area contributed by atoms with Gasteiger partial charge in [-0.25, -0.2) is 4.98 Å². The monoisotopic (exact) mass is 243 g/mol. The molecule has 2 aromatic rings. The summed E-state index contributed by atoms with van der Waals surface area (Å²) in [6.45, 7) is 5.22. The summed E-state index contributed by atoms with van der Waals surface area (Å²) in [4.78, 5) is 4.23. The highest BCUT2D eigenvalue weighted by Crippen LogP contribution is 2.14.